The second kappa shape index (κ2) is 4.96. The lowest BCUT2D eigenvalue weighted by atomic mass is 9.87. The van der Waals surface area contributed by atoms with Crippen LogP contribution in [0.5, 0.6) is 11.5 Å². The number of phenols is 1. The molecule has 0 heterocycles. The van der Waals surface area contributed by atoms with E-state index in [4.69, 9.17) is 4.74 Å². The van der Waals surface area contributed by atoms with E-state index in [1.807, 2.05) is 6.07 Å². The normalized spacial score (nSPS) is 16.4. The summed E-state index contributed by atoms with van der Waals surface area (Å²) >= 11 is 0. The van der Waals surface area contributed by atoms with Gasteiger partial charge in [0.05, 0.1) is 13.2 Å². The molecular weight excluding hydrogens is 216 g/mol. The summed E-state index contributed by atoms with van der Waals surface area (Å²) in [5, 5.41) is 19.7. The van der Waals surface area contributed by atoms with Crippen molar-refractivity contribution < 1.29 is 14.9 Å². The highest BCUT2D eigenvalue weighted by Gasteiger charge is 2.21. The Balaban J connectivity index is 2.48. The molecule has 1 aliphatic carbocycles. The monoisotopic (exact) mass is 236 g/mol. The van der Waals surface area contributed by atoms with Crippen LogP contribution in [0, 0.1) is 0 Å². The molecule has 94 valence electrons. The van der Waals surface area contributed by atoms with Crippen LogP contribution in [-0.4, -0.2) is 23.4 Å². The number of ether oxygens (including phenoxy) is 1. The van der Waals surface area contributed by atoms with Gasteiger partial charge in [0.1, 0.15) is 11.5 Å². The highest BCUT2D eigenvalue weighted by Crippen LogP contribution is 2.38. The third-order valence-electron chi connectivity index (χ3n) is 3.40. The Kier molecular flexibility index (Phi) is 3.57. The first kappa shape index (κ1) is 12.2. The van der Waals surface area contributed by atoms with Crippen molar-refractivity contribution in [3.05, 3.63) is 22.8 Å². The largest absolute Gasteiger partial charge is 0.507 e. The summed E-state index contributed by atoms with van der Waals surface area (Å²) in [6, 6.07) is 1.87. The van der Waals surface area contributed by atoms with E-state index in [-0.39, 0.29) is 0 Å². The van der Waals surface area contributed by atoms with Crippen LogP contribution < -0.4 is 4.74 Å². The first-order chi connectivity index (χ1) is 8.13. The SMILES string of the molecule is COc1cc(CC(C)O)c(O)c2c1CCCC2. The molecule has 3 nitrogen and oxygen atoms in total. The molecule has 2 N–H and O–H groups in total. The molecule has 1 aliphatic rings. The highest BCUT2D eigenvalue weighted by molar-refractivity contribution is 5.54. The van der Waals surface area contributed by atoms with Gasteiger partial charge in [-0.2, -0.15) is 0 Å². The van der Waals surface area contributed by atoms with E-state index < -0.39 is 6.10 Å². The summed E-state index contributed by atoms with van der Waals surface area (Å²) in [5.41, 5.74) is 2.95. The van der Waals surface area contributed by atoms with E-state index in [0.717, 1.165) is 48.1 Å². The summed E-state index contributed by atoms with van der Waals surface area (Å²) < 4.78 is 5.40. The Hall–Kier alpha value is -1.22. The van der Waals surface area contributed by atoms with Crippen LogP contribution in [0.25, 0.3) is 0 Å². The van der Waals surface area contributed by atoms with Gasteiger partial charge in [0.15, 0.2) is 0 Å². The second-order valence-electron chi connectivity index (χ2n) is 4.80. The number of aliphatic hydroxyl groups excluding tert-OH is 1. The third-order valence-corrected chi connectivity index (χ3v) is 3.40. The summed E-state index contributed by atoms with van der Waals surface area (Å²) in [6.45, 7) is 1.73. The third kappa shape index (κ3) is 2.39. The van der Waals surface area contributed by atoms with Crippen LogP contribution in [0.3, 0.4) is 0 Å². The Morgan fingerprint density at radius 1 is 1.29 bits per heavy atom. The molecule has 0 bridgehead atoms. The van der Waals surface area contributed by atoms with Crippen LogP contribution in [-0.2, 0) is 19.3 Å². The van der Waals surface area contributed by atoms with Gasteiger partial charge in [0.2, 0.25) is 0 Å². The molecule has 1 aromatic rings. The first-order valence-corrected chi connectivity index (χ1v) is 6.22. The minimum atomic E-state index is -0.452. The number of benzene rings is 1. The van der Waals surface area contributed by atoms with Gasteiger partial charge in [0.25, 0.3) is 0 Å². The molecule has 0 aliphatic heterocycles. The molecule has 2 rings (SSSR count). The maximum atomic E-state index is 10.2. The lowest BCUT2D eigenvalue weighted by Gasteiger charge is -2.22. The minimum Gasteiger partial charge on any atom is -0.507 e. The Morgan fingerprint density at radius 3 is 2.53 bits per heavy atom. The highest BCUT2D eigenvalue weighted by atomic mass is 16.5. The van der Waals surface area contributed by atoms with Gasteiger partial charge in [0, 0.05) is 23.1 Å². The number of phenolic OH excluding ortho intramolecular Hbond substituents is 1. The lowest BCUT2D eigenvalue weighted by Crippen LogP contribution is -2.10. The van der Waals surface area contributed by atoms with Crippen molar-refractivity contribution in [1.82, 2.24) is 0 Å². The van der Waals surface area contributed by atoms with E-state index in [1.54, 1.807) is 14.0 Å². The van der Waals surface area contributed by atoms with Crippen LogP contribution in [0.15, 0.2) is 6.07 Å². The second-order valence-corrected chi connectivity index (χ2v) is 4.80. The summed E-state index contributed by atoms with van der Waals surface area (Å²) in [7, 11) is 1.66. The maximum Gasteiger partial charge on any atom is 0.122 e. The molecule has 1 aromatic carbocycles. The Bertz CT molecular complexity index is 410. The number of methoxy groups -OCH3 is 1. The van der Waals surface area contributed by atoms with E-state index in [0.29, 0.717) is 12.2 Å². The zero-order valence-electron chi connectivity index (χ0n) is 10.5. The van der Waals surface area contributed by atoms with Crippen LogP contribution in [0.2, 0.25) is 0 Å². The predicted molar refractivity (Wildman–Crippen MR) is 66.7 cm³/mol. The number of fused-ring (bicyclic) bond motifs is 1. The molecule has 3 heteroatoms. The molecule has 0 fully saturated rings. The standard InChI is InChI=1S/C14H20O3/c1-9(15)7-10-8-13(17-2)11-5-3-4-6-12(11)14(10)16/h8-9,15-16H,3-7H2,1-2H3. The van der Waals surface area contributed by atoms with Gasteiger partial charge in [-0.15, -0.1) is 0 Å². The average Bonchev–Trinajstić information content (AvgIpc) is 2.32. The van der Waals surface area contributed by atoms with Gasteiger partial charge in [-0.1, -0.05) is 0 Å². The van der Waals surface area contributed by atoms with Crippen LogP contribution >= 0.6 is 0 Å². The van der Waals surface area contributed by atoms with E-state index in [9.17, 15) is 10.2 Å². The number of aromatic hydroxyl groups is 1. The van der Waals surface area contributed by atoms with Gasteiger partial charge < -0.3 is 14.9 Å². The van der Waals surface area contributed by atoms with Crippen molar-refractivity contribution >= 4 is 0 Å². The van der Waals surface area contributed by atoms with Gasteiger partial charge in [-0.05, 0) is 38.7 Å². The molecule has 0 aromatic heterocycles. The smallest absolute Gasteiger partial charge is 0.122 e. The number of rotatable bonds is 3. The Morgan fingerprint density at radius 2 is 1.94 bits per heavy atom. The number of hydrogen-bond donors (Lipinski definition) is 2. The van der Waals surface area contributed by atoms with Gasteiger partial charge in [-0.3, -0.25) is 0 Å². The fraction of sp³-hybridized carbons (Fsp3) is 0.571. The van der Waals surface area contributed by atoms with Gasteiger partial charge in [-0.25, -0.2) is 0 Å². The molecule has 0 saturated heterocycles. The molecule has 1 atom stereocenters. The molecule has 1 unspecified atom stereocenters. The van der Waals surface area contributed by atoms with Crippen molar-refractivity contribution in [3.8, 4) is 11.5 Å². The van der Waals surface area contributed by atoms with E-state index in [1.165, 1.54) is 0 Å². The predicted octanol–water partition coefficient (Wildman–Crippen LogP) is 2.20. The topological polar surface area (TPSA) is 49.7 Å². The maximum absolute atomic E-state index is 10.2. The van der Waals surface area contributed by atoms with Crippen LogP contribution in [0.1, 0.15) is 36.5 Å². The summed E-state index contributed by atoms with van der Waals surface area (Å²) in [6.07, 6.45) is 4.16. The lowest BCUT2D eigenvalue weighted by molar-refractivity contribution is 0.194. The molecule has 17 heavy (non-hydrogen) atoms. The fourth-order valence-corrected chi connectivity index (χ4v) is 2.60. The minimum absolute atomic E-state index is 0.362. The molecule has 0 spiro atoms. The van der Waals surface area contributed by atoms with Crippen LogP contribution in [0.4, 0.5) is 0 Å². The fourth-order valence-electron chi connectivity index (χ4n) is 2.60. The average molecular weight is 236 g/mol. The van der Waals surface area contributed by atoms with Crippen molar-refractivity contribution in [3.63, 3.8) is 0 Å². The summed E-state index contributed by atoms with van der Waals surface area (Å²) in [5.74, 6) is 1.22. The zero-order chi connectivity index (χ0) is 12.4. The molecule has 0 radical (unpaired) electrons. The van der Waals surface area contributed by atoms with E-state index in [2.05, 4.69) is 0 Å². The first-order valence-electron chi connectivity index (χ1n) is 6.22. The zero-order valence-corrected chi connectivity index (χ0v) is 10.5. The Labute approximate surface area is 102 Å². The van der Waals surface area contributed by atoms with E-state index >= 15 is 0 Å². The molecule has 0 amide bonds. The number of aliphatic hydroxyl groups is 1. The van der Waals surface area contributed by atoms with Crippen molar-refractivity contribution in [2.24, 2.45) is 0 Å². The quantitative estimate of drug-likeness (QED) is 0.846. The van der Waals surface area contributed by atoms with Crippen molar-refractivity contribution in [2.45, 2.75) is 45.1 Å². The van der Waals surface area contributed by atoms with Crippen molar-refractivity contribution in [2.75, 3.05) is 7.11 Å². The number of hydrogen-bond acceptors (Lipinski definition) is 3. The molecular formula is C14H20O3. The molecule has 0 saturated carbocycles. The summed E-state index contributed by atoms with van der Waals surface area (Å²) in [4.78, 5) is 0. The van der Waals surface area contributed by atoms with Gasteiger partial charge >= 0.3 is 0 Å². The van der Waals surface area contributed by atoms with Crippen molar-refractivity contribution in [1.29, 1.82) is 0 Å².